The average Bonchev–Trinajstić information content (AvgIpc) is 2.54. The molecule has 2 aromatic rings. The van der Waals surface area contributed by atoms with Crippen molar-refractivity contribution in [3.05, 3.63) is 70.8 Å². The molecule has 1 N–H and O–H groups in total. The fourth-order valence-electron chi connectivity index (χ4n) is 3.19. The molecule has 0 spiro atoms. The van der Waals surface area contributed by atoms with Crippen LogP contribution in [0.1, 0.15) is 41.1 Å². The summed E-state index contributed by atoms with van der Waals surface area (Å²) in [5.74, 6) is -0.254. The van der Waals surface area contributed by atoms with Gasteiger partial charge in [0.2, 0.25) is 5.91 Å². The fraction of sp³-hybridized carbons (Fsp3) is 0.316. The Balaban J connectivity index is 1.69. The first kappa shape index (κ1) is 16.6. The molecular formula is C19H18F3NO. The molecule has 5 heteroatoms. The van der Waals surface area contributed by atoms with Crippen molar-refractivity contribution >= 4 is 5.91 Å². The molecule has 0 fully saturated rings. The topological polar surface area (TPSA) is 29.1 Å². The Morgan fingerprint density at radius 1 is 1.12 bits per heavy atom. The first-order chi connectivity index (χ1) is 11.4. The van der Waals surface area contributed by atoms with Gasteiger partial charge in [0.1, 0.15) is 0 Å². The number of hydrogen-bond acceptors (Lipinski definition) is 1. The third-order valence-corrected chi connectivity index (χ3v) is 4.32. The van der Waals surface area contributed by atoms with Crippen molar-refractivity contribution in [3.63, 3.8) is 0 Å². The molecule has 0 radical (unpaired) electrons. The van der Waals surface area contributed by atoms with E-state index in [1.165, 1.54) is 11.6 Å². The Hall–Kier alpha value is -2.30. The minimum Gasteiger partial charge on any atom is -0.349 e. The van der Waals surface area contributed by atoms with Crippen LogP contribution in [0.4, 0.5) is 13.2 Å². The predicted molar refractivity (Wildman–Crippen MR) is 85.4 cm³/mol. The SMILES string of the molecule is O=C(Cc1cccc(C(F)(F)F)c1)NC1CCCc2ccccc21. The molecule has 0 aromatic heterocycles. The highest BCUT2D eigenvalue weighted by Crippen LogP contribution is 2.31. The number of hydrogen-bond donors (Lipinski definition) is 1. The molecule has 24 heavy (non-hydrogen) atoms. The lowest BCUT2D eigenvalue weighted by Crippen LogP contribution is -2.32. The lowest BCUT2D eigenvalue weighted by Gasteiger charge is -2.26. The van der Waals surface area contributed by atoms with Crippen LogP contribution < -0.4 is 5.32 Å². The summed E-state index contributed by atoms with van der Waals surface area (Å²) in [4.78, 5) is 12.3. The number of nitrogens with one attached hydrogen (secondary N) is 1. The van der Waals surface area contributed by atoms with Gasteiger partial charge in [0.25, 0.3) is 0 Å². The Labute approximate surface area is 138 Å². The zero-order chi connectivity index (χ0) is 17.2. The minimum atomic E-state index is -4.39. The summed E-state index contributed by atoms with van der Waals surface area (Å²) < 4.78 is 38.2. The number of carbonyl (C=O) groups excluding carboxylic acids is 1. The summed E-state index contributed by atoms with van der Waals surface area (Å²) in [6, 6.07) is 12.8. The van der Waals surface area contributed by atoms with Gasteiger partial charge in [-0.3, -0.25) is 4.79 Å². The Kier molecular flexibility index (Phi) is 4.60. The maximum Gasteiger partial charge on any atom is 0.416 e. The van der Waals surface area contributed by atoms with Gasteiger partial charge in [-0.15, -0.1) is 0 Å². The highest BCUT2D eigenvalue weighted by Gasteiger charge is 2.30. The van der Waals surface area contributed by atoms with Crippen molar-refractivity contribution in [1.82, 2.24) is 5.32 Å². The van der Waals surface area contributed by atoms with Crippen LogP contribution in [0.3, 0.4) is 0 Å². The third kappa shape index (κ3) is 3.78. The van der Waals surface area contributed by atoms with Crippen molar-refractivity contribution in [1.29, 1.82) is 0 Å². The average molecular weight is 333 g/mol. The van der Waals surface area contributed by atoms with Gasteiger partial charge < -0.3 is 5.32 Å². The lowest BCUT2D eigenvalue weighted by atomic mass is 9.87. The van der Waals surface area contributed by atoms with E-state index in [-0.39, 0.29) is 18.4 Å². The van der Waals surface area contributed by atoms with Crippen LogP contribution in [-0.4, -0.2) is 5.91 Å². The van der Waals surface area contributed by atoms with E-state index in [2.05, 4.69) is 11.4 Å². The van der Waals surface area contributed by atoms with Crippen LogP contribution in [0.5, 0.6) is 0 Å². The van der Waals surface area contributed by atoms with Crippen molar-refractivity contribution in [3.8, 4) is 0 Å². The van der Waals surface area contributed by atoms with Crippen molar-refractivity contribution < 1.29 is 18.0 Å². The molecule has 2 nitrogen and oxygen atoms in total. The molecule has 1 atom stereocenters. The second kappa shape index (κ2) is 6.67. The molecular weight excluding hydrogens is 315 g/mol. The second-order valence-electron chi connectivity index (χ2n) is 6.09. The lowest BCUT2D eigenvalue weighted by molar-refractivity contribution is -0.137. The van der Waals surface area contributed by atoms with Gasteiger partial charge in [-0.2, -0.15) is 13.2 Å². The van der Waals surface area contributed by atoms with Gasteiger partial charge in [0, 0.05) is 0 Å². The van der Waals surface area contributed by atoms with Gasteiger partial charge in [0.15, 0.2) is 0 Å². The molecule has 0 bridgehead atoms. The molecule has 0 saturated heterocycles. The molecule has 0 aliphatic heterocycles. The largest absolute Gasteiger partial charge is 0.416 e. The van der Waals surface area contributed by atoms with Crippen LogP contribution in [0.25, 0.3) is 0 Å². The van der Waals surface area contributed by atoms with Crippen LogP contribution in [0, 0.1) is 0 Å². The molecule has 1 aliphatic rings. The molecule has 2 aromatic carbocycles. The van der Waals surface area contributed by atoms with Crippen LogP contribution >= 0.6 is 0 Å². The summed E-state index contributed by atoms with van der Waals surface area (Å²) in [5, 5.41) is 2.96. The number of amides is 1. The van der Waals surface area contributed by atoms with Crippen LogP contribution in [0.15, 0.2) is 48.5 Å². The number of rotatable bonds is 3. The van der Waals surface area contributed by atoms with E-state index < -0.39 is 11.7 Å². The summed E-state index contributed by atoms with van der Waals surface area (Å²) in [6.45, 7) is 0. The Morgan fingerprint density at radius 2 is 1.92 bits per heavy atom. The number of carbonyl (C=O) groups is 1. The Morgan fingerprint density at radius 3 is 2.71 bits per heavy atom. The first-order valence-electron chi connectivity index (χ1n) is 7.97. The number of aryl methyl sites for hydroxylation is 1. The summed E-state index contributed by atoms with van der Waals surface area (Å²) >= 11 is 0. The monoisotopic (exact) mass is 333 g/mol. The molecule has 0 saturated carbocycles. The number of fused-ring (bicyclic) bond motifs is 1. The van der Waals surface area contributed by atoms with E-state index in [1.54, 1.807) is 6.07 Å². The molecule has 0 heterocycles. The van der Waals surface area contributed by atoms with E-state index in [4.69, 9.17) is 0 Å². The van der Waals surface area contributed by atoms with Crippen LogP contribution in [-0.2, 0) is 23.8 Å². The van der Waals surface area contributed by atoms with Crippen molar-refractivity contribution in [2.45, 2.75) is 37.9 Å². The van der Waals surface area contributed by atoms with E-state index in [1.807, 2.05) is 18.2 Å². The van der Waals surface area contributed by atoms with Crippen molar-refractivity contribution in [2.75, 3.05) is 0 Å². The highest BCUT2D eigenvalue weighted by atomic mass is 19.4. The summed E-state index contributed by atoms with van der Waals surface area (Å²) in [6.07, 6.45) is -1.61. The van der Waals surface area contributed by atoms with Gasteiger partial charge in [-0.05, 0) is 42.0 Å². The molecule has 1 amide bonds. The predicted octanol–water partition coefficient (Wildman–Crippen LogP) is 4.44. The molecule has 1 aliphatic carbocycles. The fourth-order valence-corrected chi connectivity index (χ4v) is 3.19. The van der Waals surface area contributed by atoms with Gasteiger partial charge in [-0.25, -0.2) is 0 Å². The zero-order valence-corrected chi connectivity index (χ0v) is 13.1. The van der Waals surface area contributed by atoms with Crippen LogP contribution in [0.2, 0.25) is 0 Å². The number of benzene rings is 2. The standard InChI is InChI=1S/C19H18F3NO/c20-19(21,22)15-8-3-5-13(11-15)12-18(24)23-17-10-4-7-14-6-1-2-9-16(14)17/h1-3,5-6,8-9,11,17H,4,7,10,12H2,(H,23,24). The van der Waals surface area contributed by atoms with Gasteiger partial charge in [-0.1, -0.05) is 42.5 Å². The van der Waals surface area contributed by atoms with E-state index in [0.29, 0.717) is 5.56 Å². The maximum atomic E-state index is 12.7. The molecule has 3 rings (SSSR count). The normalized spacial score (nSPS) is 17.2. The second-order valence-corrected chi connectivity index (χ2v) is 6.09. The zero-order valence-electron chi connectivity index (χ0n) is 13.1. The highest BCUT2D eigenvalue weighted by molar-refractivity contribution is 5.79. The van der Waals surface area contributed by atoms with E-state index >= 15 is 0 Å². The van der Waals surface area contributed by atoms with Gasteiger partial charge in [0.05, 0.1) is 18.0 Å². The van der Waals surface area contributed by atoms with E-state index in [0.717, 1.165) is 37.0 Å². The quantitative estimate of drug-likeness (QED) is 0.884. The van der Waals surface area contributed by atoms with E-state index in [9.17, 15) is 18.0 Å². The van der Waals surface area contributed by atoms with Crippen molar-refractivity contribution in [2.24, 2.45) is 0 Å². The molecule has 1 unspecified atom stereocenters. The first-order valence-corrected chi connectivity index (χ1v) is 7.97. The summed E-state index contributed by atoms with van der Waals surface area (Å²) in [5.41, 5.74) is 1.98. The summed E-state index contributed by atoms with van der Waals surface area (Å²) in [7, 11) is 0. The third-order valence-electron chi connectivity index (χ3n) is 4.32. The van der Waals surface area contributed by atoms with Gasteiger partial charge >= 0.3 is 6.18 Å². The number of halogens is 3. The minimum absolute atomic E-state index is 0.0530. The Bertz CT molecular complexity index is 739. The smallest absolute Gasteiger partial charge is 0.349 e. The maximum absolute atomic E-state index is 12.7. The number of alkyl halides is 3. The molecule has 126 valence electrons.